The predicted molar refractivity (Wildman–Crippen MR) is 158 cm³/mol. The summed E-state index contributed by atoms with van der Waals surface area (Å²) in [6, 6.07) is 16.6. The normalized spacial score (nSPS) is 11.8. The van der Waals surface area contributed by atoms with Crippen molar-refractivity contribution in [2.45, 2.75) is 6.92 Å². The molecule has 208 valence electrons. The SMILES string of the molecule is CNC(=O)c1c(-c2ccc(C)cc2)oc2cc(N(C)S(C)(=O)=O)c(-c3cc(-c4nc5ncccc5o4)n(C)c3)cc12. The third kappa shape index (κ3) is 4.53. The van der Waals surface area contributed by atoms with Gasteiger partial charge in [0.25, 0.3) is 5.91 Å². The van der Waals surface area contributed by atoms with Crippen LogP contribution in [0.15, 0.2) is 75.8 Å². The van der Waals surface area contributed by atoms with Gasteiger partial charge in [0, 0.05) is 61.7 Å². The Hall–Kier alpha value is -4.90. The number of aromatic nitrogens is 3. The van der Waals surface area contributed by atoms with E-state index >= 15 is 0 Å². The van der Waals surface area contributed by atoms with Crippen LogP contribution in [-0.2, 0) is 17.1 Å². The minimum absolute atomic E-state index is 0.317. The van der Waals surface area contributed by atoms with Gasteiger partial charge in [-0.15, -0.1) is 0 Å². The highest BCUT2D eigenvalue weighted by molar-refractivity contribution is 7.92. The van der Waals surface area contributed by atoms with Crippen LogP contribution in [0, 0.1) is 6.92 Å². The van der Waals surface area contributed by atoms with Crippen LogP contribution in [0.1, 0.15) is 15.9 Å². The molecule has 4 heterocycles. The van der Waals surface area contributed by atoms with E-state index < -0.39 is 10.0 Å². The number of pyridine rings is 1. The maximum Gasteiger partial charge on any atom is 0.255 e. The maximum absolute atomic E-state index is 13.2. The van der Waals surface area contributed by atoms with Gasteiger partial charge < -0.3 is 18.7 Å². The van der Waals surface area contributed by atoms with Crippen LogP contribution in [0.4, 0.5) is 5.69 Å². The van der Waals surface area contributed by atoms with Gasteiger partial charge >= 0.3 is 0 Å². The second kappa shape index (κ2) is 9.63. The summed E-state index contributed by atoms with van der Waals surface area (Å²) in [4.78, 5) is 22.0. The number of rotatable bonds is 6. The van der Waals surface area contributed by atoms with Crippen molar-refractivity contribution in [1.82, 2.24) is 19.9 Å². The third-order valence-electron chi connectivity index (χ3n) is 7.11. The molecule has 4 aromatic heterocycles. The van der Waals surface area contributed by atoms with Gasteiger partial charge in [-0.1, -0.05) is 29.8 Å². The van der Waals surface area contributed by atoms with E-state index in [0.717, 1.165) is 17.4 Å². The summed E-state index contributed by atoms with van der Waals surface area (Å²) >= 11 is 0. The van der Waals surface area contributed by atoms with E-state index in [1.807, 2.05) is 55.1 Å². The van der Waals surface area contributed by atoms with Gasteiger partial charge in [-0.3, -0.25) is 9.10 Å². The van der Waals surface area contributed by atoms with Crippen molar-refractivity contribution in [3.05, 3.63) is 78.1 Å². The van der Waals surface area contributed by atoms with Crippen molar-refractivity contribution < 1.29 is 22.0 Å². The Labute approximate surface area is 236 Å². The Morgan fingerprint density at radius 1 is 1.02 bits per heavy atom. The molecule has 1 amide bonds. The summed E-state index contributed by atoms with van der Waals surface area (Å²) in [6.45, 7) is 1.98. The number of carbonyl (C=O) groups is 1. The fourth-order valence-electron chi connectivity index (χ4n) is 4.86. The Bertz CT molecular complexity index is 2040. The van der Waals surface area contributed by atoms with Gasteiger partial charge in [0.05, 0.1) is 17.5 Å². The zero-order valence-electron chi connectivity index (χ0n) is 23.1. The number of hydrogen-bond donors (Lipinski definition) is 1. The predicted octanol–water partition coefficient (Wildman–Crippen LogP) is 5.37. The van der Waals surface area contributed by atoms with Gasteiger partial charge in [0.1, 0.15) is 17.0 Å². The molecule has 0 aliphatic carbocycles. The lowest BCUT2D eigenvalue weighted by molar-refractivity contribution is 0.0964. The number of nitrogens with one attached hydrogen (secondary N) is 1. The fraction of sp³-hybridized carbons (Fsp3) is 0.167. The molecule has 0 saturated carbocycles. The summed E-state index contributed by atoms with van der Waals surface area (Å²) in [6.07, 6.45) is 4.64. The zero-order valence-corrected chi connectivity index (χ0v) is 23.9. The van der Waals surface area contributed by atoms with E-state index in [2.05, 4.69) is 15.3 Å². The number of aryl methyl sites for hydroxylation is 2. The first-order valence-corrected chi connectivity index (χ1v) is 14.6. The molecule has 0 spiro atoms. The zero-order chi connectivity index (χ0) is 29.1. The first-order valence-electron chi connectivity index (χ1n) is 12.8. The molecular weight excluding hydrogens is 542 g/mol. The van der Waals surface area contributed by atoms with Gasteiger partial charge in [0.2, 0.25) is 15.9 Å². The van der Waals surface area contributed by atoms with Crippen molar-refractivity contribution in [2.24, 2.45) is 7.05 Å². The van der Waals surface area contributed by atoms with Crippen molar-refractivity contribution >= 4 is 43.8 Å². The minimum atomic E-state index is -3.64. The second-order valence-corrected chi connectivity index (χ2v) is 11.9. The molecular formula is C30H27N5O5S. The molecule has 41 heavy (non-hydrogen) atoms. The van der Waals surface area contributed by atoms with Crippen LogP contribution in [0.3, 0.4) is 0 Å². The van der Waals surface area contributed by atoms with Gasteiger partial charge in [-0.25, -0.2) is 13.4 Å². The van der Waals surface area contributed by atoms with Crippen molar-refractivity contribution in [2.75, 3.05) is 24.7 Å². The molecule has 11 heteroatoms. The average Bonchev–Trinajstić information content (AvgIpc) is 3.65. The van der Waals surface area contributed by atoms with Crippen molar-refractivity contribution in [1.29, 1.82) is 0 Å². The molecule has 1 N–H and O–H groups in total. The molecule has 2 aromatic carbocycles. The Kier molecular flexibility index (Phi) is 6.18. The van der Waals surface area contributed by atoms with Crippen molar-refractivity contribution in [3.63, 3.8) is 0 Å². The molecule has 0 unspecified atom stereocenters. The third-order valence-corrected chi connectivity index (χ3v) is 8.30. The lowest BCUT2D eigenvalue weighted by Gasteiger charge is -2.20. The molecule has 0 fully saturated rings. The topological polar surface area (TPSA) is 123 Å². The summed E-state index contributed by atoms with van der Waals surface area (Å²) in [5.41, 5.74) is 5.94. The monoisotopic (exact) mass is 569 g/mol. The highest BCUT2D eigenvalue weighted by atomic mass is 32.2. The largest absolute Gasteiger partial charge is 0.455 e. The Morgan fingerprint density at radius 2 is 1.78 bits per heavy atom. The van der Waals surface area contributed by atoms with Crippen LogP contribution in [-0.4, -0.2) is 49.2 Å². The lowest BCUT2D eigenvalue weighted by Crippen LogP contribution is -2.25. The summed E-state index contributed by atoms with van der Waals surface area (Å²) in [5, 5.41) is 3.27. The standard InChI is InChI=1S/C30H27N5O5S/c1-17-8-10-18(11-9-17)27-26(29(36)31-2)21-14-20(22(15-25(21)39-27)35(4)41(5,37)38)19-13-23(34(3)16-19)30-33-28-24(40-30)7-6-12-32-28/h6-16H,1-5H3,(H,31,36). The molecule has 0 saturated heterocycles. The fourth-order valence-corrected chi connectivity index (χ4v) is 5.37. The van der Waals surface area contributed by atoms with E-state index in [1.165, 1.54) is 11.4 Å². The number of anilines is 1. The maximum atomic E-state index is 13.2. The van der Waals surface area contributed by atoms with E-state index in [1.54, 1.807) is 37.5 Å². The Balaban J connectivity index is 1.61. The number of carbonyl (C=O) groups excluding carboxylic acids is 1. The molecule has 0 aliphatic rings. The van der Waals surface area contributed by atoms with Crippen LogP contribution in [0.25, 0.3) is 56.2 Å². The average molecular weight is 570 g/mol. The van der Waals surface area contributed by atoms with E-state index in [-0.39, 0.29) is 5.91 Å². The van der Waals surface area contributed by atoms with Gasteiger partial charge in [-0.05, 0) is 31.2 Å². The van der Waals surface area contributed by atoms with E-state index in [9.17, 15) is 13.2 Å². The van der Waals surface area contributed by atoms with E-state index in [4.69, 9.17) is 8.83 Å². The number of fused-ring (bicyclic) bond motifs is 2. The number of oxazole rings is 1. The van der Waals surface area contributed by atoms with Crippen LogP contribution in [0.5, 0.6) is 0 Å². The smallest absolute Gasteiger partial charge is 0.255 e. The summed E-state index contributed by atoms with van der Waals surface area (Å²) < 4.78 is 40.7. The number of sulfonamides is 1. The summed E-state index contributed by atoms with van der Waals surface area (Å²) in [7, 11) is 1.25. The molecule has 0 bridgehead atoms. The van der Waals surface area contributed by atoms with Crippen molar-refractivity contribution in [3.8, 4) is 34.0 Å². The number of benzene rings is 2. The van der Waals surface area contributed by atoms with E-state index in [0.29, 0.717) is 61.9 Å². The number of furan rings is 1. The summed E-state index contributed by atoms with van der Waals surface area (Å²) in [5.74, 6) is 0.460. The molecule has 6 rings (SSSR count). The molecule has 0 aliphatic heterocycles. The quantitative estimate of drug-likeness (QED) is 0.286. The number of nitrogens with zero attached hydrogens (tertiary/aromatic N) is 4. The minimum Gasteiger partial charge on any atom is -0.455 e. The van der Waals surface area contributed by atoms with Crippen LogP contribution in [0.2, 0.25) is 0 Å². The highest BCUT2D eigenvalue weighted by Gasteiger charge is 2.27. The molecule has 10 nitrogen and oxygen atoms in total. The second-order valence-electron chi connectivity index (χ2n) is 9.92. The van der Waals surface area contributed by atoms with Crippen LogP contribution < -0.4 is 9.62 Å². The first-order chi connectivity index (χ1) is 19.5. The van der Waals surface area contributed by atoms with Gasteiger partial charge in [0.15, 0.2) is 11.2 Å². The number of hydrogen-bond acceptors (Lipinski definition) is 7. The van der Waals surface area contributed by atoms with Crippen LogP contribution >= 0.6 is 0 Å². The highest BCUT2D eigenvalue weighted by Crippen LogP contribution is 2.42. The first kappa shape index (κ1) is 26.3. The molecule has 0 atom stereocenters. The molecule has 6 aromatic rings. The number of amides is 1. The Morgan fingerprint density at radius 3 is 2.46 bits per heavy atom. The molecule has 0 radical (unpaired) electrons. The van der Waals surface area contributed by atoms with Gasteiger partial charge in [-0.2, -0.15) is 4.98 Å². The lowest BCUT2D eigenvalue weighted by atomic mass is 9.99.